The zero-order valence-electron chi connectivity index (χ0n) is 20.0. The van der Waals surface area contributed by atoms with Crippen LogP contribution in [0.3, 0.4) is 0 Å². The van der Waals surface area contributed by atoms with E-state index in [2.05, 4.69) is 5.32 Å². The number of aromatic nitrogens is 1. The first-order chi connectivity index (χ1) is 17.6. The summed E-state index contributed by atoms with van der Waals surface area (Å²) in [4.78, 5) is 52.4. The number of halogens is 2. The van der Waals surface area contributed by atoms with Crippen molar-refractivity contribution in [3.8, 4) is 0 Å². The van der Waals surface area contributed by atoms with E-state index in [0.717, 1.165) is 4.90 Å². The molecule has 2 aromatic rings. The molecule has 1 aromatic heterocycles. The molecule has 3 heterocycles. The van der Waals surface area contributed by atoms with Crippen LogP contribution in [0.25, 0.3) is 0 Å². The molecule has 0 radical (unpaired) electrons. The molecule has 0 spiro atoms. The fourth-order valence-electron chi connectivity index (χ4n) is 4.40. The highest BCUT2D eigenvalue weighted by atomic mass is 35.5. The van der Waals surface area contributed by atoms with Gasteiger partial charge in [0.1, 0.15) is 11.1 Å². The van der Waals surface area contributed by atoms with Gasteiger partial charge in [0, 0.05) is 42.0 Å². The number of Topliss-reactive ketones (excluding diaryl/α,β-unsaturated/α-hetero) is 1. The first-order valence-corrected chi connectivity index (χ1v) is 13.2. The number of ketones is 1. The number of rotatable bonds is 9. The molecule has 2 amide bonds. The Bertz CT molecular complexity index is 1330. The molecule has 2 atom stereocenters. The molecule has 2 aliphatic heterocycles. The van der Waals surface area contributed by atoms with Crippen LogP contribution in [0, 0.1) is 0 Å². The van der Waals surface area contributed by atoms with Gasteiger partial charge in [0.15, 0.2) is 12.7 Å². The van der Waals surface area contributed by atoms with Gasteiger partial charge in [0.25, 0.3) is 17.5 Å². The fourth-order valence-corrected chi connectivity index (χ4v) is 6.32. The van der Waals surface area contributed by atoms with Gasteiger partial charge >= 0.3 is 5.97 Å². The topological polar surface area (TPSA) is 117 Å². The number of benzene rings is 1. The quantitative estimate of drug-likeness (QED) is 0.208. The Labute approximate surface area is 227 Å². The van der Waals surface area contributed by atoms with Crippen molar-refractivity contribution >= 4 is 58.5 Å². The van der Waals surface area contributed by atoms with E-state index < -0.39 is 28.9 Å². The first kappa shape index (κ1) is 27.1. The Hall–Kier alpha value is -2.92. The van der Waals surface area contributed by atoms with E-state index in [-0.39, 0.29) is 34.4 Å². The van der Waals surface area contributed by atoms with Crippen LogP contribution < -0.4 is 9.88 Å². The third kappa shape index (κ3) is 4.86. The normalized spacial score (nSPS) is 20.8. The average Bonchev–Trinajstić information content (AvgIpc) is 2.86. The van der Waals surface area contributed by atoms with Gasteiger partial charge in [0.05, 0.1) is 10.6 Å². The van der Waals surface area contributed by atoms with E-state index in [0.29, 0.717) is 29.1 Å². The number of hydrogen-bond acceptors (Lipinski definition) is 6. The molecule has 1 saturated heterocycles. The van der Waals surface area contributed by atoms with E-state index in [1.165, 1.54) is 37.1 Å². The van der Waals surface area contributed by atoms with Crippen LogP contribution in [0.1, 0.15) is 40.6 Å². The van der Waals surface area contributed by atoms with Crippen LogP contribution in [-0.4, -0.2) is 57.5 Å². The minimum absolute atomic E-state index is 0.0519. The summed E-state index contributed by atoms with van der Waals surface area (Å²) in [6.07, 6.45) is 2.76. The summed E-state index contributed by atoms with van der Waals surface area (Å²) in [5.74, 6) is -2.49. The first-order valence-electron chi connectivity index (χ1n) is 11.4. The Balaban J connectivity index is 1.64. The second kappa shape index (κ2) is 10.8. The summed E-state index contributed by atoms with van der Waals surface area (Å²) in [7, 11) is 1.27. The van der Waals surface area contributed by atoms with Crippen molar-refractivity contribution in [2.75, 3.05) is 12.9 Å². The molecule has 0 aliphatic carbocycles. The molecule has 0 saturated carbocycles. The summed E-state index contributed by atoms with van der Waals surface area (Å²) in [6, 6.07) is 9.52. The van der Waals surface area contributed by atoms with Gasteiger partial charge < -0.3 is 15.2 Å². The zero-order chi connectivity index (χ0) is 26.9. The second-order valence-electron chi connectivity index (χ2n) is 8.50. The van der Waals surface area contributed by atoms with Crippen molar-refractivity contribution in [3.63, 3.8) is 0 Å². The standard InChI is InChI=1S/C25H23Cl2N3O6S/c1-3-6-19(31)18-7-4-5-10-29(18)12-14-13-37-24-25(36-2,23(35)30(24)20(14)22(33)34)28-21(32)16-9-8-15(26)11-17(16)27/h4-5,7-11,24H,3,6,12-13H2,1-2H3,(H-,28,32,33,34)/p+1/t24-,25?/m0/s1. The Morgan fingerprint density at radius 1 is 1.27 bits per heavy atom. The molecule has 1 aromatic carbocycles. The van der Waals surface area contributed by atoms with E-state index in [1.807, 2.05) is 6.92 Å². The number of β-lactam (4-membered cyclic amide) rings is 1. The van der Waals surface area contributed by atoms with Gasteiger partial charge in [-0.25, -0.2) is 4.79 Å². The predicted octanol–water partition coefficient (Wildman–Crippen LogP) is 3.29. The third-order valence-electron chi connectivity index (χ3n) is 6.17. The zero-order valence-corrected chi connectivity index (χ0v) is 22.3. The predicted molar refractivity (Wildman–Crippen MR) is 137 cm³/mol. The molecule has 1 fully saturated rings. The van der Waals surface area contributed by atoms with Crippen molar-refractivity contribution in [1.82, 2.24) is 10.2 Å². The maximum atomic E-state index is 13.4. The van der Waals surface area contributed by atoms with Crippen molar-refractivity contribution in [3.05, 3.63) is 75.2 Å². The molecule has 1 unspecified atom stereocenters. The van der Waals surface area contributed by atoms with Crippen molar-refractivity contribution in [1.29, 1.82) is 0 Å². The maximum Gasteiger partial charge on any atom is 0.352 e. The smallest absolute Gasteiger partial charge is 0.352 e. The van der Waals surface area contributed by atoms with Crippen molar-refractivity contribution < 1.29 is 33.6 Å². The minimum Gasteiger partial charge on any atom is -0.477 e. The summed E-state index contributed by atoms with van der Waals surface area (Å²) < 4.78 is 7.18. The van der Waals surface area contributed by atoms with Gasteiger partial charge in [0.2, 0.25) is 11.5 Å². The Morgan fingerprint density at radius 2 is 2.03 bits per heavy atom. The van der Waals surface area contributed by atoms with Gasteiger partial charge in [-0.3, -0.25) is 19.3 Å². The average molecular weight is 565 g/mol. The summed E-state index contributed by atoms with van der Waals surface area (Å²) >= 11 is 13.3. The van der Waals surface area contributed by atoms with Gasteiger partial charge in [-0.15, -0.1) is 11.8 Å². The van der Waals surface area contributed by atoms with Crippen LogP contribution in [-0.2, 0) is 20.9 Å². The molecule has 2 N–H and O–H groups in total. The van der Waals surface area contributed by atoms with Crippen molar-refractivity contribution in [2.45, 2.75) is 37.4 Å². The van der Waals surface area contributed by atoms with Gasteiger partial charge in [-0.2, -0.15) is 4.57 Å². The number of carbonyl (C=O) groups is 4. The van der Waals surface area contributed by atoms with Gasteiger partial charge in [-0.05, 0) is 30.7 Å². The van der Waals surface area contributed by atoms with E-state index in [4.69, 9.17) is 27.9 Å². The number of carboxylic acids is 1. The SMILES string of the molecule is CCCC(=O)c1cccc[n+]1CC1=C(C(=O)O)N2C(=O)C(NC(=O)c3ccc(Cl)cc3Cl)(OC)[C@@H]2SC1. The van der Waals surface area contributed by atoms with Gasteiger partial charge in [-0.1, -0.05) is 30.1 Å². The second-order valence-corrected chi connectivity index (χ2v) is 10.4. The van der Waals surface area contributed by atoms with Crippen LogP contribution in [0.15, 0.2) is 53.9 Å². The number of methoxy groups -OCH3 is 1. The number of hydrogen-bond donors (Lipinski definition) is 2. The number of pyridine rings is 1. The number of carbonyl (C=O) groups excluding carboxylic acids is 3. The monoisotopic (exact) mass is 564 g/mol. The number of ether oxygens (including phenoxy) is 1. The fraction of sp³-hybridized carbons (Fsp3) is 0.320. The highest BCUT2D eigenvalue weighted by molar-refractivity contribution is 8.00. The van der Waals surface area contributed by atoms with Crippen molar-refractivity contribution in [2.24, 2.45) is 0 Å². The summed E-state index contributed by atoms with van der Waals surface area (Å²) in [5, 5.41) is 12.3. The number of aliphatic carboxylic acids is 1. The Kier molecular flexibility index (Phi) is 7.94. The van der Waals surface area contributed by atoms with Crippen LogP contribution in [0.2, 0.25) is 10.0 Å². The Morgan fingerprint density at radius 3 is 2.68 bits per heavy atom. The summed E-state index contributed by atoms with van der Waals surface area (Å²) in [6.45, 7) is 2.02. The molecule has 12 heteroatoms. The lowest BCUT2D eigenvalue weighted by Gasteiger charge is -2.55. The lowest BCUT2D eigenvalue weighted by atomic mass is 9.97. The molecular formula is C25H24Cl2N3O6S+. The molecule has 37 heavy (non-hydrogen) atoms. The molecular weight excluding hydrogens is 541 g/mol. The van der Waals surface area contributed by atoms with E-state index in [1.54, 1.807) is 29.0 Å². The number of nitrogens with zero attached hydrogens (tertiary/aromatic N) is 2. The highest BCUT2D eigenvalue weighted by Crippen LogP contribution is 2.46. The largest absolute Gasteiger partial charge is 0.477 e. The number of carboxylic acid groups (broad SMARTS) is 1. The molecule has 194 valence electrons. The number of nitrogens with one attached hydrogen (secondary N) is 1. The number of amides is 2. The van der Waals surface area contributed by atoms with E-state index >= 15 is 0 Å². The molecule has 2 aliphatic rings. The third-order valence-corrected chi connectivity index (χ3v) is 8.10. The lowest BCUT2D eigenvalue weighted by molar-refractivity contribution is -0.690. The lowest BCUT2D eigenvalue weighted by Crippen LogP contribution is -2.80. The summed E-state index contributed by atoms with van der Waals surface area (Å²) in [5.41, 5.74) is -0.957. The number of thioether (sulfide) groups is 1. The molecule has 0 bridgehead atoms. The molecule has 9 nitrogen and oxygen atoms in total. The molecule has 4 rings (SSSR count). The van der Waals surface area contributed by atoms with Crippen LogP contribution >= 0.6 is 35.0 Å². The van der Waals surface area contributed by atoms with Crippen LogP contribution in [0.4, 0.5) is 0 Å². The highest BCUT2D eigenvalue weighted by Gasteiger charge is 2.67. The maximum absolute atomic E-state index is 13.4. The van der Waals surface area contributed by atoms with E-state index in [9.17, 15) is 24.3 Å². The minimum atomic E-state index is -1.78. The number of fused-ring (bicyclic) bond motifs is 1. The van der Waals surface area contributed by atoms with Crippen LogP contribution in [0.5, 0.6) is 0 Å².